The molecule has 0 fully saturated rings. The summed E-state index contributed by atoms with van der Waals surface area (Å²) in [6.07, 6.45) is 0. The molecule has 1 aromatic carbocycles. The molecule has 0 radical (unpaired) electrons. The molecule has 1 unspecified atom stereocenters. The van der Waals surface area contributed by atoms with Gasteiger partial charge in [-0.3, -0.25) is 0 Å². The van der Waals surface area contributed by atoms with Gasteiger partial charge < -0.3 is 14.2 Å². The summed E-state index contributed by atoms with van der Waals surface area (Å²) < 4.78 is 15.7. The standard InChI is InChI=1S/C16H18O5/c1-10(2)16(20-4)13(15(18)19-3)12(14(17)21-16)11-8-6-5-7-9-11/h5-10H,1-4H3. The predicted octanol–water partition coefficient (Wildman–Crippen LogP) is 2.17. The SMILES string of the molecule is COC(=O)C1=C(c2ccccc2)C(=O)OC1(OC)C(C)C. The Kier molecular flexibility index (Phi) is 4.14. The highest BCUT2D eigenvalue weighted by Gasteiger charge is 2.54. The van der Waals surface area contributed by atoms with Crippen LogP contribution in [-0.2, 0) is 23.8 Å². The third kappa shape index (κ3) is 2.34. The summed E-state index contributed by atoms with van der Waals surface area (Å²) in [6.45, 7) is 3.63. The zero-order valence-electron chi connectivity index (χ0n) is 12.5. The smallest absolute Gasteiger partial charge is 0.342 e. The van der Waals surface area contributed by atoms with Crippen molar-refractivity contribution >= 4 is 17.5 Å². The molecular formula is C16H18O5. The van der Waals surface area contributed by atoms with E-state index in [2.05, 4.69) is 0 Å². The molecule has 5 heteroatoms. The number of rotatable bonds is 4. The zero-order chi connectivity index (χ0) is 15.6. The van der Waals surface area contributed by atoms with E-state index < -0.39 is 17.7 Å². The zero-order valence-corrected chi connectivity index (χ0v) is 12.5. The molecule has 1 aromatic rings. The summed E-state index contributed by atoms with van der Waals surface area (Å²) in [7, 11) is 2.67. The fourth-order valence-corrected chi connectivity index (χ4v) is 2.52. The number of esters is 2. The van der Waals surface area contributed by atoms with E-state index in [1.807, 2.05) is 19.9 Å². The van der Waals surface area contributed by atoms with E-state index in [1.165, 1.54) is 14.2 Å². The fraction of sp³-hybridized carbons (Fsp3) is 0.375. The number of ether oxygens (including phenoxy) is 3. The van der Waals surface area contributed by atoms with E-state index in [4.69, 9.17) is 14.2 Å². The molecule has 1 aliphatic rings. The van der Waals surface area contributed by atoms with E-state index in [0.29, 0.717) is 5.56 Å². The largest absolute Gasteiger partial charge is 0.465 e. The molecule has 0 aromatic heterocycles. The van der Waals surface area contributed by atoms with E-state index in [1.54, 1.807) is 24.3 Å². The van der Waals surface area contributed by atoms with Gasteiger partial charge in [-0.2, -0.15) is 0 Å². The fourth-order valence-electron chi connectivity index (χ4n) is 2.52. The number of benzene rings is 1. The lowest BCUT2D eigenvalue weighted by Crippen LogP contribution is -2.42. The molecule has 0 bridgehead atoms. The second-order valence-corrected chi connectivity index (χ2v) is 5.02. The third-order valence-corrected chi connectivity index (χ3v) is 3.56. The van der Waals surface area contributed by atoms with Crippen molar-refractivity contribution in [2.24, 2.45) is 5.92 Å². The van der Waals surface area contributed by atoms with Crippen molar-refractivity contribution in [3.63, 3.8) is 0 Å². The van der Waals surface area contributed by atoms with Gasteiger partial charge in [0.1, 0.15) is 5.57 Å². The van der Waals surface area contributed by atoms with Crippen LogP contribution in [0, 0.1) is 5.92 Å². The molecule has 1 aliphatic heterocycles. The monoisotopic (exact) mass is 290 g/mol. The van der Waals surface area contributed by atoms with Gasteiger partial charge in [-0.15, -0.1) is 0 Å². The van der Waals surface area contributed by atoms with Crippen molar-refractivity contribution in [1.29, 1.82) is 0 Å². The summed E-state index contributed by atoms with van der Waals surface area (Å²) in [5.74, 6) is -2.89. The highest BCUT2D eigenvalue weighted by Crippen LogP contribution is 2.43. The predicted molar refractivity (Wildman–Crippen MR) is 76.0 cm³/mol. The summed E-state index contributed by atoms with van der Waals surface area (Å²) >= 11 is 0. The van der Waals surface area contributed by atoms with Gasteiger partial charge in [0, 0.05) is 13.0 Å². The highest BCUT2D eigenvalue weighted by atomic mass is 16.7. The second kappa shape index (κ2) is 5.69. The van der Waals surface area contributed by atoms with E-state index in [-0.39, 0.29) is 17.1 Å². The molecule has 0 aliphatic carbocycles. The van der Waals surface area contributed by atoms with Crippen molar-refractivity contribution in [2.75, 3.05) is 14.2 Å². The molecule has 0 N–H and O–H groups in total. The molecule has 2 rings (SSSR count). The average molecular weight is 290 g/mol. The quantitative estimate of drug-likeness (QED) is 0.795. The van der Waals surface area contributed by atoms with Gasteiger partial charge in [0.05, 0.1) is 12.7 Å². The van der Waals surface area contributed by atoms with E-state index in [0.717, 1.165) is 0 Å². The Hall–Kier alpha value is -2.14. The Balaban J connectivity index is 2.73. The van der Waals surface area contributed by atoms with Gasteiger partial charge in [-0.1, -0.05) is 44.2 Å². The van der Waals surface area contributed by atoms with Crippen molar-refractivity contribution in [3.05, 3.63) is 41.5 Å². The molecule has 0 saturated carbocycles. The number of hydrogen-bond donors (Lipinski definition) is 0. The van der Waals surface area contributed by atoms with Crippen LogP contribution in [0.2, 0.25) is 0 Å². The molecule has 0 saturated heterocycles. The summed E-state index contributed by atoms with van der Waals surface area (Å²) in [6, 6.07) is 8.88. The summed E-state index contributed by atoms with van der Waals surface area (Å²) in [5.41, 5.74) is 0.902. The lowest BCUT2D eigenvalue weighted by Gasteiger charge is -2.31. The minimum absolute atomic E-state index is 0.110. The van der Waals surface area contributed by atoms with Crippen LogP contribution < -0.4 is 0 Å². The lowest BCUT2D eigenvalue weighted by atomic mass is 9.90. The Morgan fingerprint density at radius 2 is 1.81 bits per heavy atom. The van der Waals surface area contributed by atoms with Gasteiger partial charge in [0.25, 0.3) is 5.79 Å². The molecule has 1 heterocycles. The molecule has 1 atom stereocenters. The first-order valence-electron chi connectivity index (χ1n) is 6.65. The van der Waals surface area contributed by atoms with Gasteiger partial charge in [-0.25, -0.2) is 9.59 Å². The average Bonchev–Trinajstić information content (AvgIpc) is 2.81. The summed E-state index contributed by atoms with van der Waals surface area (Å²) in [4.78, 5) is 24.5. The van der Waals surface area contributed by atoms with Gasteiger partial charge in [0.2, 0.25) is 0 Å². The Morgan fingerprint density at radius 1 is 1.19 bits per heavy atom. The second-order valence-electron chi connectivity index (χ2n) is 5.02. The van der Waals surface area contributed by atoms with Gasteiger partial charge in [0.15, 0.2) is 0 Å². The van der Waals surface area contributed by atoms with Crippen LogP contribution in [0.3, 0.4) is 0 Å². The van der Waals surface area contributed by atoms with E-state index in [9.17, 15) is 9.59 Å². The molecule has 0 amide bonds. The minimum atomic E-state index is -1.42. The number of hydrogen-bond acceptors (Lipinski definition) is 5. The normalized spacial score (nSPS) is 21.7. The topological polar surface area (TPSA) is 61.8 Å². The summed E-state index contributed by atoms with van der Waals surface area (Å²) in [5, 5.41) is 0. The van der Waals surface area contributed by atoms with Crippen LogP contribution in [-0.4, -0.2) is 31.9 Å². The maximum atomic E-state index is 12.3. The van der Waals surface area contributed by atoms with Crippen molar-refractivity contribution in [3.8, 4) is 0 Å². The Morgan fingerprint density at radius 3 is 2.29 bits per heavy atom. The van der Waals surface area contributed by atoms with Crippen LogP contribution in [0.25, 0.3) is 5.57 Å². The van der Waals surface area contributed by atoms with Crippen molar-refractivity contribution < 1.29 is 23.8 Å². The van der Waals surface area contributed by atoms with Gasteiger partial charge >= 0.3 is 11.9 Å². The maximum absolute atomic E-state index is 12.3. The molecule has 21 heavy (non-hydrogen) atoms. The molecule has 0 spiro atoms. The third-order valence-electron chi connectivity index (χ3n) is 3.56. The first-order chi connectivity index (χ1) is 9.97. The number of methoxy groups -OCH3 is 2. The van der Waals surface area contributed by atoms with Crippen LogP contribution in [0.1, 0.15) is 19.4 Å². The first kappa shape index (κ1) is 15.3. The van der Waals surface area contributed by atoms with Crippen LogP contribution in [0.5, 0.6) is 0 Å². The Labute approximate surface area is 123 Å². The van der Waals surface area contributed by atoms with Crippen LogP contribution in [0.15, 0.2) is 35.9 Å². The minimum Gasteiger partial charge on any atom is -0.465 e. The maximum Gasteiger partial charge on any atom is 0.342 e. The van der Waals surface area contributed by atoms with E-state index >= 15 is 0 Å². The first-order valence-corrected chi connectivity index (χ1v) is 6.65. The molecule has 5 nitrogen and oxygen atoms in total. The molecular weight excluding hydrogens is 272 g/mol. The highest BCUT2D eigenvalue weighted by molar-refractivity contribution is 6.26. The Bertz CT molecular complexity index is 588. The lowest BCUT2D eigenvalue weighted by molar-refractivity contribution is -0.210. The molecule has 112 valence electrons. The van der Waals surface area contributed by atoms with Crippen molar-refractivity contribution in [2.45, 2.75) is 19.6 Å². The number of carbonyl (C=O) groups is 2. The van der Waals surface area contributed by atoms with Crippen molar-refractivity contribution in [1.82, 2.24) is 0 Å². The van der Waals surface area contributed by atoms with Crippen LogP contribution in [0.4, 0.5) is 0 Å². The number of carbonyl (C=O) groups excluding carboxylic acids is 2. The van der Waals surface area contributed by atoms with Crippen LogP contribution >= 0.6 is 0 Å². The number of cyclic esters (lactones) is 1. The van der Waals surface area contributed by atoms with Gasteiger partial charge in [-0.05, 0) is 5.56 Å².